The minimum Gasteiger partial charge on any atom is -0.457 e. The Balaban J connectivity index is 0.803. The lowest BCUT2D eigenvalue weighted by atomic mass is 9.95. The van der Waals surface area contributed by atoms with Gasteiger partial charge >= 0.3 is 0 Å². The van der Waals surface area contributed by atoms with Crippen molar-refractivity contribution in [1.29, 1.82) is 0 Å². The normalized spacial score (nSPS) is 16.1. The lowest BCUT2D eigenvalue weighted by Crippen LogP contribution is -2.30. The summed E-state index contributed by atoms with van der Waals surface area (Å²) in [5.41, 5.74) is 27.0. The summed E-state index contributed by atoms with van der Waals surface area (Å²) in [6.07, 6.45) is 13.1. The number of benzene rings is 10. The van der Waals surface area contributed by atoms with Gasteiger partial charge in [-0.2, -0.15) is 0 Å². The van der Waals surface area contributed by atoms with E-state index in [9.17, 15) is 0 Å². The maximum Gasteiger partial charge on any atom is 0.131 e. The molecule has 0 saturated heterocycles. The SMILES string of the molecule is c1ccc(N(c2cccc(Oc3cc(N4CCCc5ccccc54)cc(N4CCCc5c4cccc5N4CCCc5ccccc54)c3)c2)c2cc(N3CCCc4ccccc43)cc(N3CCCc4c3cccc4N3CCCc4ccccc43)c2)cc1. The summed E-state index contributed by atoms with van der Waals surface area (Å²) >= 11 is 0. The van der Waals surface area contributed by atoms with Crippen molar-refractivity contribution in [3.8, 4) is 11.5 Å². The molecule has 0 saturated carbocycles. The Morgan fingerprint density at radius 3 is 1.05 bits per heavy atom. The Morgan fingerprint density at radius 2 is 0.581 bits per heavy atom. The molecule has 6 heterocycles. The van der Waals surface area contributed by atoms with Crippen LogP contribution in [-0.2, 0) is 38.5 Å². The first-order valence-electron chi connectivity index (χ1n) is 31.8. The molecular weight excluding hydrogens is 1050 g/mol. The van der Waals surface area contributed by atoms with Crippen LogP contribution in [0.3, 0.4) is 0 Å². The predicted octanol–water partition coefficient (Wildman–Crippen LogP) is 19.5. The van der Waals surface area contributed by atoms with Gasteiger partial charge in [-0.1, -0.05) is 109 Å². The molecule has 0 bridgehead atoms. The van der Waals surface area contributed by atoms with Gasteiger partial charge in [-0.3, -0.25) is 0 Å². The highest BCUT2D eigenvalue weighted by Gasteiger charge is 2.31. The zero-order chi connectivity index (χ0) is 56.9. The summed E-state index contributed by atoms with van der Waals surface area (Å²) in [6.45, 7) is 5.80. The van der Waals surface area contributed by atoms with E-state index in [4.69, 9.17) is 4.74 Å². The summed E-state index contributed by atoms with van der Waals surface area (Å²) in [6, 6.07) is 84.1. The van der Waals surface area contributed by atoms with Crippen molar-refractivity contribution in [2.24, 2.45) is 0 Å². The monoisotopic (exact) mass is 1120 g/mol. The van der Waals surface area contributed by atoms with E-state index in [-0.39, 0.29) is 0 Å². The summed E-state index contributed by atoms with van der Waals surface area (Å²) in [4.78, 5) is 17.9. The van der Waals surface area contributed by atoms with E-state index in [0.717, 1.165) is 156 Å². The molecule has 16 rings (SSSR count). The van der Waals surface area contributed by atoms with Crippen LogP contribution < -0.4 is 39.0 Å². The fourth-order valence-corrected chi connectivity index (χ4v) is 15.2. The molecule has 0 amide bonds. The summed E-state index contributed by atoms with van der Waals surface area (Å²) in [5.74, 6) is 1.61. The molecule has 8 nitrogen and oxygen atoms in total. The van der Waals surface area contributed by atoms with Crippen molar-refractivity contribution < 1.29 is 4.74 Å². The third-order valence-corrected chi connectivity index (χ3v) is 19.1. The average Bonchev–Trinajstić information content (AvgIpc) is 1.72. The van der Waals surface area contributed by atoms with Crippen LogP contribution >= 0.6 is 0 Å². The highest BCUT2D eigenvalue weighted by molar-refractivity contribution is 5.88. The van der Waals surface area contributed by atoms with Crippen molar-refractivity contribution in [3.05, 3.63) is 258 Å². The second-order valence-corrected chi connectivity index (χ2v) is 24.3. The highest BCUT2D eigenvalue weighted by Crippen LogP contribution is 2.50. The molecular formula is C78H73N7O. The maximum absolute atomic E-state index is 7.33. The number of para-hydroxylation sites is 5. The summed E-state index contributed by atoms with van der Waals surface area (Å²) in [5, 5.41) is 0. The van der Waals surface area contributed by atoms with Gasteiger partial charge < -0.3 is 39.0 Å². The van der Waals surface area contributed by atoms with Gasteiger partial charge in [-0.15, -0.1) is 0 Å². The van der Waals surface area contributed by atoms with Crippen LogP contribution in [0.25, 0.3) is 0 Å². The standard InChI is InChI=1S/C78H73N7O/c1-2-29-60(30-3-1)85(66-51-62(79-43-15-25-56-21-4-8-35-71(56)79)49-63(52-66)81-45-19-33-69-75(81)39-13-41-77(69)83-47-17-27-58-23-6-10-37-73(58)83)61-31-12-32-67(53-61)86-68-54-64(80-44-16-26-57-22-5-9-36-72(57)80)50-65(55-68)82-46-20-34-70-76(82)40-14-42-78(70)84-48-18-28-59-24-7-11-38-74(59)84/h1-14,21-24,29-32,35-42,49-55H,15-20,25-28,33-34,43-48H2. The smallest absolute Gasteiger partial charge is 0.131 e. The molecule has 10 aromatic carbocycles. The third kappa shape index (κ3) is 9.65. The van der Waals surface area contributed by atoms with Gasteiger partial charge in [0.2, 0.25) is 0 Å². The molecule has 0 fully saturated rings. The molecule has 10 aromatic rings. The largest absolute Gasteiger partial charge is 0.457 e. The first-order chi connectivity index (χ1) is 42.6. The molecule has 0 spiro atoms. The van der Waals surface area contributed by atoms with Crippen molar-refractivity contribution in [3.63, 3.8) is 0 Å². The Kier molecular flexibility index (Phi) is 13.7. The van der Waals surface area contributed by atoms with E-state index in [2.05, 4.69) is 259 Å². The number of anilines is 15. The van der Waals surface area contributed by atoms with Crippen molar-refractivity contribution in [1.82, 2.24) is 0 Å². The van der Waals surface area contributed by atoms with Crippen molar-refractivity contribution in [2.75, 3.05) is 73.6 Å². The van der Waals surface area contributed by atoms with Gasteiger partial charge in [0.25, 0.3) is 0 Å². The predicted molar refractivity (Wildman–Crippen MR) is 358 cm³/mol. The van der Waals surface area contributed by atoms with Gasteiger partial charge in [0.15, 0.2) is 0 Å². The van der Waals surface area contributed by atoms with Crippen LogP contribution in [0.2, 0.25) is 0 Å². The number of rotatable bonds is 11. The Morgan fingerprint density at radius 1 is 0.244 bits per heavy atom. The quantitative estimate of drug-likeness (QED) is 0.127. The Hall–Kier alpha value is -9.40. The zero-order valence-electron chi connectivity index (χ0n) is 49.1. The van der Waals surface area contributed by atoms with Crippen molar-refractivity contribution >= 4 is 85.3 Å². The van der Waals surface area contributed by atoms with Gasteiger partial charge in [-0.25, -0.2) is 0 Å². The number of fused-ring (bicyclic) bond motifs is 6. The minimum atomic E-state index is 0.786. The fraction of sp³-hybridized carbons (Fsp3) is 0.231. The van der Waals surface area contributed by atoms with Crippen LogP contribution in [0.5, 0.6) is 11.5 Å². The third-order valence-electron chi connectivity index (χ3n) is 19.1. The number of ether oxygens (including phenoxy) is 1. The first kappa shape index (κ1) is 52.2. The molecule has 8 heteroatoms. The van der Waals surface area contributed by atoms with E-state index in [1.54, 1.807) is 0 Å². The number of hydrogen-bond acceptors (Lipinski definition) is 8. The van der Waals surface area contributed by atoms with Crippen LogP contribution in [0.1, 0.15) is 71.9 Å². The Labute approximate surface area is 507 Å². The fourth-order valence-electron chi connectivity index (χ4n) is 15.2. The lowest BCUT2D eigenvalue weighted by molar-refractivity contribution is 0.483. The molecule has 86 heavy (non-hydrogen) atoms. The van der Waals surface area contributed by atoms with E-state index in [1.165, 1.54) is 90.3 Å². The van der Waals surface area contributed by atoms with Gasteiger partial charge in [0, 0.05) is 137 Å². The molecule has 0 atom stereocenters. The molecule has 0 N–H and O–H groups in total. The molecule has 6 aliphatic heterocycles. The maximum atomic E-state index is 7.33. The van der Waals surface area contributed by atoms with Crippen LogP contribution in [0.4, 0.5) is 85.3 Å². The summed E-state index contributed by atoms with van der Waals surface area (Å²) in [7, 11) is 0. The second kappa shape index (κ2) is 22.5. The number of aryl methyl sites for hydroxylation is 4. The molecule has 0 aliphatic carbocycles. The van der Waals surface area contributed by atoms with Crippen LogP contribution in [0, 0.1) is 0 Å². The van der Waals surface area contributed by atoms with Gasteiger partial charge in [-0.05, 0) is 207 Å². The molecule has 426 valence electrons. The summed E-state index contributed by atoms with van der Waals surface area (Å²) < 4.78 is 7.33. The van der Waals surface area contributed by atoms with Crippen molar-refractivity contribution in [2.45, 2.75) is 77.0 Å². The number of nitrogens with zero attached hydrogens (tertiary/aromatic N) is 7. The lowest BCUT2D eigenvalue weighted by Gasteiger charge is -2.39. The topological polar surface area (TPSA) is 31.9 Å². The number of hydrogen-bond donors (Lipinski definition) is 0. The minimum absolute atomic E-state index is 0.786. The van der Waals surface area contributed by atoms with Gasteiger partial charge in [0.05, 0.1) is 5.69 Å². The molecule has 0 aromatic heterocycles. The van der Waals surface area contributed by atoms with Gasteiger partial charge in [0.1, 0.15) is 11.5 Å². The van der Waals surface area contributed by atoms with E-state index in [0.29, 0.717) is 0 Å². The molecule has 6 aliphatic rings. The van der Waals surface area contributed by atoms with E-state index in [1.807, 2.05) is 0 Å². The van der Waals surface area contributed by atoms with Crippen LogP contribution in [-0.4, -0.2) is 39.3 Å². The van der Waals surface area contributed by atoms with Crippen LogP contribution in [0.15, 0.2) is 224 Å². The zero-order valence-corrected chi connectivity index (χ0v) is 49.1. The van der Waals surface area contributed by atoms with E-state index >= 15 is 0 Å². The second-order valence-electron chi connectivity index (χ2n) is 24.3. The van der Waals surface area contributed by atoms with E-state index < -0.39 is 0 Å². The average molecular weight is 1120 g/mol. The first-order valence-corrected chi connectivity index (χ1v) is 31.8. The molecule has 0 radical (unpaired) electrons. The Bertz CT molecular complexity index is 4160. The molecule has 0 unspecified atom stereocenters. The highest BCUT2D eigenvalue weighted by atomic mass is 16.5.